The molecule has 2 N–H and O–H groups in total. The maximum atomic E-state index is 11.2. The van der Waals surface area contributed by atoms with E-state index in [9.17, 15) is 9.90 Å². The Bertz CT molecular complexity index is 698. The zero-order valence-corrected chi connectivity index (χ0v) is 11.8. The first-order chi connectivity index (χ1) is 9.89. The van der Waals surface area contributed by atoms with Crippen molar-refractivity contribution in [3.63, 3.8) is 0 Å². The van der Waals surface area contributed by atoms with Gasteiger partial charge in [-0.05, 0) is 25.5 Å². The van der Waals surface area contributed by atoms with E-state index in [0.29, 0.717) is 11.3 Å². The van der Waals surface area contributed by atoms with Crippen LogP contribution in [0.1, 0.15) is 47.2 Å². The number of ether oxygens (including phenoxy) is 1. The van der Waals surface area contributed by atoms with Crippen LogP contribution in [0.4, 0.5) is 0 Å². The third kappa shape index (κ3) is 2.29. The molecule has 0 saturated heterocycles. The molecule has 0 fully saturated rings. The molecule has 3 rings (SSSR count). The topological polar surface area (TPSA) is 79.9 Å². The minimum atomic E-state index is -1.17. The van der Waals surface area contributed by atoms with Crippen molar-refractivity contribution < 1.29 is 24.2 Å². The lowest BCUT2D eigenvalue weighted by Gasteiger charge is -2.19. The summed E-state index contributed by atoms with van der Waals surface area (Å²) in [5.74, 6) is -0.501. The van der Waals surface area contributed by atoms with E-state index in [2.05, 4.69) is 0 Å². The summed E-state index contributed by atoms with van der Waals surface area (Å²) in [5.41, 5.74) is 1.14. The lowest BCUT2D eigenvalue weighted by Crippen LogP contribution is -2.25. The van der Waals surface area contributed by atoms with Crippen molar-refractivity contribution in [2.45, 2.75) is 32.0 Å². The molecule has 1 aromatic heterocycles. The first kappa shape index (κ1) is 13.7. The molecule has 2 heterocycles. The summed E-state index contributed by atoms with van der Waals surface area (Å²) in [7, 11) is 0. The number of aromatic carboxylic acids is 1. The molecule has 0 spiro atoms. The Labute approximate surface area is 121 Å². The number of hydrogen-bond acceptors (Lipinski definition) is 4. The summed E-state index contributed by atoms with van der Waals surface area (Å²) in [4.78, 5) is 11.2. The molecule has 110 valence electrons. The fraction of sp³-hybridized carbons (Fsp3) is 0.312. The van der Waals surface area contributed by atoms with Crippen LogP contribution in [-0.4, -0.2) is 21.8 Å². The molecule has 1 aromatic carbocycles. The second-order valence-corrected chi connectivity index (χ2v) is 5.78. The van der Waals surface area contributed by atoms with E-state index < -0.39 is 12.1 Å². The Hall–Kier alpha value is -2.27. The van der Waals surface area contributed by atoms with Crippen molar-refractivity contribution in [2.24, 2.45) is 0 Å². The highest BCUT2D eigenvalue weighted by molar-refractivity contribution is 5.89. The maximum absolute atomic E-state index is 11.2. The molecule has 1 unspecified atom stereocenters. The predicted octanol–water partition coefficient (Wildman–Crippen LogP) is 2.77. The lowest BCUT2D eigenvalue weighted by molar-refractivity contribution is 0.0686. The summed E-state index contributed by atoms with van der Waals surface area (Å²) in [6, 6.07) is 6.82. The van der Waals surface area contributed by atoms with Gasteiger partial charge in [0.25, 0.3) is 0 Å². The fourth-order valence-corrected chi connectivity index (χ4v) is 2.71. The number of aliphatic hydroxyl groups is 1. The van der Waals surface area contributed by atoms with Crippen LogP contribution in [0.5, 0.6) is 5.75 Å². The standard InChI is InChI=1S/C16H16O5/c1-16(2)8-9-4-3-5-10(13(9)21-16)12(17)14-11(15(18)19)6-7-20-14/h3-7,12,17H,8H2,1-2H3,(H,18,19). The smallest absolute Gasteiger partial charge is 0.339 e. The van der Waals surface area contributed by atoms with Crippen LogP contribution in [0.2, 0.25) is 0 Å². The molecule has 0 amide bonds. The summed E-state index contributed by atoms with van der Waals surface area (Å²) in [6.07, 6.45) is 0.831. The Morgan fingerprint density at radius 2 is 2.10 bits per heavy atom. The molecule has 1 aliphatic rings. The SMILES string of the molecule is CC1(C)Cc2cccc(C(O)c3occc3C(=O)O)c2O1. The number of aliphatic hydroxyl groups excluding tert-OH is 1. The zero-order valence-electron chi connectivity index (χ0n) is 11.8. The average Bonchev–Trinajstić information content (AvgIpc) is 2.99. The normalized spacial score (nSPS) is 17.1. The van der Waals surface area contributed by atoms with Crippen molar-refractivity contribution in [3.8, 4) is 5.75 Å². The summed E-state index contributed by atoms with van der Waals surface area (Å²) in [5, 5.41) is 19.6. The largest absolute Gasteiger partial charge is 0.487 e. The van der Waals surface area contributed by atoms with Gasteiger partial charge in [0.1, 0.15) is 23.0 Å². The molecule has 0 bridgehead atoms. The molecule has 5 heteroatoms. The first-order valence-corrected chi connectivity index (χ1v) is 6.68. The third-order valence-electron chi connectivity index (χ3n) is 3.59. The average molecular weight is 288 g/mol. The van der Waals surface area contributed by atoms with Crippen molar-refractivity contribution in [2.75, 3.05) is 0 Å². The Kier molecular flexibility index (Phi) is 3.02. The summed E-state index contributed by atoms with van der Waals surface area (Å²) < 4.78 is 11.1. The minimum Gasteiger partial charge on any atom is -0.487 e. The third-order valence-corrected chi connectivity index (χ3v) is 3.59. The van der Waals surface area contributed by atoms with Crippen LogP contribution < -0.4 is 4.74 Å². The maximum Gasteiger partial charge on any atom is 0.339 e. The van der Waals surface area contributed by atoms with E-state index in [1.165, 1.54) is 12.3 Å². The summed E-state index contributed by atoms with van der Waals surface area (Å²) in [6.45, 7) is 3.94. The van der Waals surface area contributed by atoms with Gasteiger partial charge in [0.05, 0.1) is 6.26 Å². The Morgan fingerprint density at radius 1 is 1.33 bits per heavy atom. The van der Waals surface area contributed by atoms with Gasteiger partial charge in [-0.15, -0.1) is 0 Å². The van der Waals surface area contributed by atoms with Crippen molar-refractivity contribution in [1.29, 1.82) is 0 Å². The zero-order chi connectivity index (χ0) is 15.2. The van der Waals surface area contributed by atoms with E-state index >= 15 is 0 Å². The van der Waals surface area contributed by atoms with Crippen LogP contribution >= 0.6 is 0 Å². The number of carboxylic acids is 1. The number of carboxylic acid groups (broad SMARTS) is 1. The molecule has 2 aromatic rings. The molecule has 0 aliphatic carbocycles. The Balaban J connectivity index is 2.05. The molecular formula is C16H16O5. The van der Waals surface area contributed by atoms with Gasteiger partial charge in [-0.1, -0.05) is 18.2 Å². The number of rotatable bonds is 3. The van der Waals surface area contributed by atoms with Gasteiger partial charge in [-0.3, -0.25) is 0 Å². The molecule has 1 aliphatic heterocycles. The first-order valence-electron chi connectivity index (χ1n) is 6.68. The number of fused-ring (bicyclic) bond motifs is 1. The summed E-state index contributed by atoms with van der Waals surface area (Å²) >= 11 is 0. The van der Waals surface area contributed by atoms with Gasteiger partial charge >= 0.3 is 5.97 Å². The van der Waals surface area contributed by atoms with Gasteiger partial charge in [0.15, 0.2) is 5.76 Å². The number of hydrogen-bond donors (Lipinski definition) is 2. The number of furan rings is 1. The molecule has 5 nitrogen and oxygen atoms in total. The van der Waals surface area contributed by atoms with E-state index in [4.69, 9.17) is 14.3 Å². The van der Waals surface area contributed by atoms with Gasteiger partial charge < -0.3 is 19.4 Å². The number of benzene rings is 1. The molecule has 0 radical (unpaired) electrons. The van der Waals surface area contributed by atoms with Crippen molar-refractivity contribution >= 4 is 5.97 Å². The lowest BCUT2D eigenvalue weighted by atomic mass is 9.97. The monoisotopic (exact) mass is 288 g/mol. The van der Waals surface area contributed by atoms with Gasteiger partial charge in [-0.2, -0.15) is 0 Å². The van der Waals surface area contributed by atoms with Gasteiger partial charge in [-0.25, -0.2) is 4.79 Å². The fourth-order valence-electron chi connectivity index (χ4n) is 2.71. The molecular weight excluding hydrogens is 272 g/mol. The second-order valence-electron chi connectivity index (χ2n) is 5.78. The van der Waals surface area contributed by atoms with E-state index in [1.807, 2.05) is 26.0 Å². The van der Waals surface area contributed by atoms with Crippen molar-refractivity contribution in [3.05, 3.63) is 53.0 Å². The van der Waals surface area contributed by atoms with Crippen LogP contribution in [0.15, 0.2) is 34.9 Å². The molecule has 21 heavy (non-hydrogen) atoms. The second kappa shape index (κ2) is 4.63. The number of carbonyl (C=O) groups is 1. The van der Waals surface area contributed by atoms with E-state index in [-0.39, 0.29) is 16.9 Å². The van der Waals surface area contributed by atoms with Gasteiger partial charge in [0.2, 0.25) is 0 Å². The van der Waals surface area contributed by atoms with Gasteiger partial charge in [0, 0.05) is 12.0 Å². The predicted molar refractivity (Wildman–Crippen MR) is 74.6 cm³/mol. The highest BCUT2D eigenvalue weighted by Gasteiger charge is 2.34. The minimum absolute atomic E-state index is 0.0178. The quantitative estimate of drug-likeness (QED) is 0.907. The Morgan fingerprint density at radius 3 is 2.81 bits per heavy atom. The van der Waals surface area contributed by atoms with Crippen LogP contribution in [-0.2, 0) is 6.42 Å². The van der Waals surface area contributed by atoms with E-state index in [0.717, 1.165) is 12.0 Å². The molecule has 1 atom stereocenters. The highest BCUT2D eigenvalue weighted by atomic mass is 16.5. The van der Waals surface area contributed by atoms with Crippen LogP contribution in [0, 0.1) is 0 Å². The van der Waals surface area contributed by atoms with Crippen molar-refractivity contribution in [1.82, 2.24) is 0 Å². The highest BCUT2D eigenvalue weighted by Crippen LogP contribution is 2.42. The van der Waals surface area contributed by atoms with E-state index in [1.54, 1.807) is 6.07 Å². The van der Waals surface area contributed by atoms with Crippen LogP contribution in [0.3, 0.4) is 0 Å². The molecule has 0 saturated carbocycles. The van der Waals surface area contributed by atoms with Crippen LogP contribution in [0.25, 0.3) is 0 Å². The number of para-hydroxylation sites is 1.